The van der Waals surface area contributed by atoms with Crippen LogP contribution in [0.25, 0.3) is 0 Å². The predicted octanol–water partition coefficient (Wildman–Crippen LogP) is 2.65. The third-order valence-electron chi connectivity index (χ3n) is 3.75. The van der Waals surface area contributed by atoms with Crippen LogP contribution in [0.15, 0.2) is 24.3 Å². The molecule has 1 heterocycles. The van der Waals surface area contributed by atoms with E-state index in [9.17, 15) is 4.21 Å². The molecular weight excluding hydrogens is 258 g/mol. The van der Waals surface area contributed by atoms with Crippen molar-refractivity contribution in [1.82, 2.24) is 5.32 Å². The van der Waals surface area contributed by atoms with Crippen LogP contribution in [-0.2, 0) is 10.8 Å². The Morgan fingerprint density at radius 3 is 2.47 bits per heavy atom. The summed E-state index contributed by atoms with van der Waals surface area (Å²) < 4.78 is 16.6. The van der Waals surface area contributed by atoms with Gasteiger partial charge in [0.1, 0.15) is 5.75 Å². The molecular formula is C15H23NO2S. The molecule has 4 heteroatoms. The molecule has 0 spiro atoms. The van der Waals surface area contributed by atoms with E-state index in [4.69, 9.17) is 4.74 Å². The van der Waals surface area contributed by atoms with E-state index in [1.54, 1.807) is 7.11 Å². The van der Waals surface area contributed by atoms with E-state index >= 15 is 0 Å². The Hall–Kier alpha value is -0.870. The lowest BCUT2D eigenvalue weighted by Gasteiger charge is -2.28. The van der Waals surface area contributed by atoms with E-state index in [1.807, 2.05) is 12.1 Å². The second kappa shape index (κ2) is 7.06. The van der Waals surface area contributed by atoms with E-state index in [0.29, 0.717) is 12.1 Å². The molecule has 106 valence electrons. The zero-order valence-corrected chi connectivity index (χ0v) is 12.5. The minimum atomic E-state index is -0.583. The molecule has 1 fully saturated rings. The van der Waals surface area contributed by atoms with Crippen LogP contribution in [0.4, 0.5) is 0 Å². The largest absolute Gasteiger partial charge is 0.497 e. The minimum absolute atomic E-state index is 0.377. The van der Waals surface area contributed by atoms with Crippen molar-refractivity contribution in [2.24, 2.45) is 0 Å². The van der Waals surface area contributed by atoms with Crippen LogP contribution < -0.4 is 10.1 Å². The van der Waals surface area contributed by atoms with Gasteiger partial charge in [-0.15, -0.1) is 0 Å². The predicted molar refractivity (Wildman–Crippen MR) is 80.1 cm³/mol. The first-order valence-corrected chi connectivity index (χ1v) is 8.46. The Morgan fingerprint density at radius 2 is 1.95 bits per heavy atom. The van der Waals surface area contributed by atoms with E-state index in [1.165, 1.54) is 5.56 Å². The normalized spacial score (nSPS) is 24.9. The van der Waals surface area contributed by atoms with Gasteiger partial charge >= 0.3 is 0 Å². The first kappa shape index (κ1) is 14.5. The van der Waals surface area contributed by atoms with Crippen molar-refractivity contribution in [3.8, 4) is 5.75 Å². The summed E-state index contributed by atoms with van der Waals surface area (Å²) in [6, 6.07) is 9.15. The average Bonchev–Trinajstić information content (AvgIpc) is 2.47. The summed E-state index contributed by atoms with van der Waals surface area (Å²) in [6.45, 7) is 2.20. The quantitative estimate of drug-likeness (QED) is 0.901. The molecule has 1 aliphatic heterocycles. The van der Waals surface area contributed by atoms with Gasteiger partial charge in [-0.25, -0.2) is 0 Å². The molecule has 19 heavy (non-hydrogen) atoms. The second-order valence-corrected chi connectivity index (χ2v) is 6.72. The highest BCUT2D eigenvalue weighted by atomic mass is 32.2. The first-order valence-electron chi connectivity index (χ1n) is 6.98. The average molecular weight is 281 g/mol. The molecule has 2 rings (SSSR count). The summed E-state index contributed by atoms with van der Waals surface area (Å²) >= 11 is 0. The molecule has 1 unspecified atom stereocenters. The molecule has 1 atom stereocenters. The van der Waals surface area contributed by atoms with E-state index < -0.39 is 10.8 Å². The topological polar surface area (TPSA) is 38.3 Å². The monoisotopic (exact) mass is 281 g/mol. The fourth-order valence-corrected chi connectivity index (χ4v) is 3.83. The number of hydrogen-bond acceptors (Lipinski definition) is 3. The van der Waals surface area contributed by atoms with Crippen molar-refractivity contribution in [3.05, 3.63) is 29.8 Å². The van der Waals surface area contributed by atoms with Crippen LogP contribution in [0, 0.1) is 0 Å². The Kier molecular flexibility index (Phi) is 5.40. The highest BCUT2D eigenvalue weighted by Gasteiger charge is 2.20. The van der Waals surface area contributed by atoms with Crippen LogP contribution in [0.2, 0.25) is 0 Å². The van der Waals surface area contributed by atoms with E-state index in [2.05, 4.69) is 24.4 Å². The molecule has 0 radical (unpaired) electrons. The number of hydrogen-bond donors (Lipinski definition) is 1. The Balaban J connectivity index is 1.96. The van der Waals surface area contributed by atoms with E-state index in [0.717, 1.165) is 36.5 Å². The summed E-state index contributed by atoms with van der Waals surface area (Å²) in [7, 11) is 1.10. The van der Waals surface area contributed by atoms with Crippen molar-refractivity contribution in [2.45, 2.75) is 38.3 Å². The van der Waals surface area contributed by atoms with Gasteiger partial charge in [-0.05, 0) is 37.0 Å². The smallest absolute Gasteiger partial charge is 0.118 e. The van der Waals surface area contributed by atoms with Gasteiger partial charge in [0.25, 0.3) is 0 Å². The van der Waals surface area contributed by atoms with Gasteiger partial charge in [0.2, 0.25) is 0 Å². The molecule has 0 aromatic heterocycles. The number of nitrogens with one attached hydrogen (secondary N) is 1. The van der Waals surface area contributed by atoms with Crippen LogP contribution in [0.3, 0.4) is 0 Å². The fourth-order valence-electron chi connectivity index (χ4n) is 2.53. The summed E-state index contributed by atoms with van der Waals surface area (Å²) in [4.78, 5) is 0. The van der Waals surface area contributed by atoms with Gasteiger partial charge in [-0.3, -0.25) is 4.21 Å². The van der Waals surface area contributed by atoms with Crippen molar-refractivity contribution < 1.29 is 8.95 Å². The number of benzene rings is 1. The molecule has 1 aromatic rings. The zero-order chi connectivity index (χ0) is 13.7. The van der Waals surface area contributed by atoms with Gasteiger partial charge in [0, 0.05) is 34.4 Å². The Morgan fingerprint density at radius 1 is 1.32 bits per heavy atom. The first-order chi connectivity index (χ1) is 9.22. The van der Waals surface area contributed by atoms with Crippen LogP contribution >= 0.6 is 0 Å². The van der Waals surface area contributed by atoms with Crippen molar-refractivity contribution in [1.29, 1.82) is 0 Å². The maximum absolute atomic E-state index is 11.4. The molecule has 0 bridgehead atoms. The zero-order valence-electron chi connectivity index (χ0n) is 11.7. The van der Waals surface area contributed by atoms with Crippen LogP contribution in [-0.4, -0.2) is 28.9 Å². The lowest BCUT2D eigenvalue weighted by molar-refractivity contribution is 0.400. The number of rotatable bonds is 5. The van der Waals surface area contributed by atoms with Gasteiger partial charge in [0.05, 0.1) is 7.11 Å². The summed E-state index contributed by atoms with van der Waals surface area (Å²) in [5, 5.41) is 3.70. The van der Waals surface area contributed by atoms with E-state index in [-0.39, 0.29) is 0 Å². The minimum Gasteiger partial charge on any atom is -0.497 e. The van der Waals surface area contributed by atoms with Gasteiger partial charge in [0.15, 0.2) is 0 Å². The molecule has 0 aliphatic carbocycles. The van der Waals surface area contributed by atoms with Crippen LogP contribution in [0.1, 0.15) is 37.8 Å². The molecule has 0 amide bonds. The second-order valence-electron chi connectivity index (χ2n) is 5.02. The lowest BCUT2D eigenvalue weighted by atomic mass is 10.0. The Bertz CT molecular complexity index is 409. The highest BCUT2D eigenvalue weighted by molar-refractivity contribution is 7.85. The van der Waals surface area contributed by atoms with Gasteiger partial charge < -0.3 is 10.1 Å². The Labute approximate surface area is 118 Å². The van der Waals surface area contributed by atoms with Crippen molar-refractivity contribution in [2.75, 3.05) is 18.6 Å². The standard InChI is InChI=1S/C15H23NO2S/c1-3-15(12-4-6-14(18-2)7-5-12)16-13-8-10-19(17)11-9-13/h4-7,13,15-16H,3,8-11H2,1-2H3. The van der Waals surface area contributed by atoms with Crippen molar-refractivity contribution in [3.63, 3.8) is 0 Å². The number of ether oxygens (including phenoxy) is 1. The molecule has 1 N–H and O–H groups in total. The molecule has 0 saturated carbocycles. The number of methoxy groups -OCH3 is 1. The third kappa shape index (κ3) is 4.05. The molecule has 1 saturated heterocycles. The molecule has 1 aromatic carbocycles. The van der Waals surface area contributed by atoms with Crippen molar-refractivity contribution >= 4 is 10.8 Å². The third-order valence-corrected chi connectivity index (χ3v) is 5.13. The van der Waals surface area contributed by atoms with Gasteiger partial charge in [-0.2, -0.15) is 0 Å². The summed E-state index contributed by atoms with van der Waals surface area (Å²) in [6.07, 6.45) is 3.12. The molecule has 1 aliphatic rings. The lowest BCUT2D eigenvalue weighted by Crippen LogP contribution is -2.37. The fraction of sp³-hybridized carbons (Fsp3) is 0.600. The SMILES string of the molecule is CCC(NC1CCS(=O)CC1)c1ccc(OC)cc1. The highest BCUT2D eigenvalue weighted by Crippen LogP contribution is 2.22. The van der Waals surface area contributed by atoms with Crippen LogP contribution in [0.5, 0.6) is 5.75 Å². The maximum Gasteiger partial charge on any atom is 0.118 e. The van der Waals surface area contributed by atoms with Gasteiger partial charge in [-0.1, -0.05) is 19.1 Å². The summed E-state index contributed by atoms with van der Waals surface area (Å²) in [5.74, 6) is 2.58. The summed E-state index contributed by atoms with van der Waals surface area (Å²) in [5.41, 5.74) is 1.30. The molecule has 3 nitrogen and oxygen atoms in total. The maximum atomic E-state index is 11.4.